The second kappa shape index (κ2) is 12.0. The van der Waals surface area contributed by atoms with Crippen LogP contribution in [0.2, 0.25) is 10.0 Å². The van der Waals surface area contributed by atoms with Crippen molar-refractivity contribution in [1.29, 1.82) is 0 Å². The Morgan fingerprint density at radius 3 is 2.51 bits per heavy atom. The van der Waals surface area contributed by atoms with Gasteiger partial charge in [0.25, 0.3) is 0 Å². The van der Waals surface area contributed by atoms with Crippen LogP contribution in [0.3, 0.4) is 0 Å². The molecule has 0 aliphatic carbocycles. The lowest BCUT2D eigenvalue weighted by Gasteiger charge is -2.21. The van der Waals surface area contributed by atoms with E-state index in [0.717, 1.165) is 22.2 Å². The van der Waals surface area contributed by atoms with E-state index in [-0.39, 0.29) is 19.1 Å². The molecule has 0 radical (unpaired) electrons. The zero-order valence-corrected chi connectivity index (χ0v) is 21.9. The summed E-state index contributed by atoms with van der Waals surface area (Å²) in [6.07, 6.45) is 0. The lowest BCUT2D eigenvalue weighted by molar-refractivity contribution is -0.117. The van der Waals surface area contributed by atoms with Crippen LogP contribution >= 0.6 is 23.2 Å². The number of fused-ring (bicyclic) bond motifs is 1. The molecule has 0 atom stereocenters. The SMILES string of the molecule is Cc1ccc2cccc(OCc3c(Cl)ccc(N(C)C(=O)CNC(=O)NCc4ccccc4)c3Cl)c2n1. The number of likely N-dealkylation sites (N-methyl/N-ethyl adjacent to an activating group) is 1. The summed E-state index contributed by atoms with van der Waals surface area (Å²) >= 11 is 13.1. The molecule has 7 nitrogen and oxygen atoms in total. The molecule has 3 aromatic carbocycles. The molecular formula is C28H26Cl2N4O3. The first-order valence-electron chi connectivity index (χ1n) is 11.6. The van der Waals surface area contributed by atoms with Crippen LogP contribution in [0.4, 0.5) is 10.5 Å². The van der Waals surface area contributed by atoms with E-state index in [4.69, 9.17) is 27.9 Å². The number of aryl methyl sites for hydroxylation is 1. The second-order valence-corrected chi connectivity index (χ2v) is 9.19. The maximum atomic E-state index is 12.8. The van der Waals surface area contributed by atoms with E-state index in [1.54, 1.807) is 19.2 Å². The predicted octanol–water partition coefficient (Wildman–Crippen LogP) is 5.89. The summed E-state index contributed by atoms with van der Waals surface area (Å²) in [4.78, 5) is 30.9. The minimum Gasteiger partial charge on any atom is -0.487 e. The highest BCUT2D eigenvalue weighted by Gasteiger charge is 2.19. The monoisotopic (exact) mass is 536 g/mol. The van der Waals surface area contributed by atoms with Gasteiger partial charge in [0.2, 0.25) is 5.91 Å². The summed E-state index contributed by atoms with van der Waals surface area (Å²) in [6, 6.07) is 22.0. The number of rotatable bonds is 8. The molecule has 0 spiro atoms. The highest BCUT2D eigenvalue weighted by atomic mass is 35.5. The van der Waals surface area contributed by atoms with Gasteiger partial charge in [0.15, 0.2) is 0 Å². The number of carbonyl (C=O) groups is 2. The van der Waals surface area contributed by atoms with Crippen LogP contribution in [-0.4, -0.2) is 30.5 Å². The average molecular weight is 537 g/mol. The van der Waals surface area contributed by atoms with Crippen molar-refractivity contribution in [3.8, 4) is 5.75 Å². The molecule has 0 fully saturated rings. The third-order valence-electron chi connectivity index (χ3n) is 5.79. The fraction of sp³-hybridized carbons (Fsp3) is 0.179. The zero-order chi connectivity index (χ0) is 26.4. The third kappa shape index (κ3) is 6.50. The van der Waals surface area contributed by atoms with Gasteiger partial charge < -0.3 is 20.3 Å². The van der Waals surface area contributed by atoms with Gasteiger partial charge in [0.1, 0.15) is 17.9 Å². The summed E-state index contributed by atoms with van der Waals surface area (Å²) in [6.45, 7) is 2.16. The quantitative estimate of drug-likeness (QED) is 0.294. The van der Waals surface area contributed by atoms with Gasteiger partial charge in [-0.3, -0.25) is 4.79 Å². The summed E-state index contributed by atoms with van der Waals surface area (Å²) in [5.41, 5.74) is 3.57. The molecule has 0 unspecified atom stereocenters. The number of carbonyl (C=O) groups excluding carboxylic acids is 2. The van der Waals surface area contributed by atoms with E-state index in [2.05, 4.69) is 15.6 Å². The highest BCUT2D eigenvalue weighted by Crippen LogP contribution is 2.35. The molecule has 37 heavy (non-hydrogen) atoms. The van der Waals surface area contributed by atoms with Crippen molar-refractivity contribution < 1.29 is 14.3 Å². The number of halogens is 2. The van der Waals surface area contributed by atoms with E-state index >= 15 is 0 Å². The Hall–Kier alpha value is -3.81. The first-order valence-corrected chi connectivity index (χ1v) is 12.4. The van der Waals surface area contributed by atoms with E-state index in [1.807, 2.05) is 67.6 Å². The molecular weight excluding hydrogens is 511 g/mol. The molecule has 190 valence electrons. The Morgan fingerprint density at radius 1 is 0.946 bits per heavy atom. The van der Waals surface area contributed by atoms with Crippen LogP contribution in [-0.2, 0) is 17.9 Å². The van der Waals surface area contributed by atoms with Gasteiger partial charge in [-0.2, -0.15) is 0 Å². The van der Waals surface area contributed by atoms with Crippen LogP contribution in [0.1, 0.15) is 16.8 Å². The molecule has 9 heteroatoms. The van der Waals surface area contributed by atoms with E-state index in [0.29, 0.717) is 33.6 Å². The number of benzene rings is 3. The fourth-order valence-electron chi connectivity index (χ4n) is 3.71. The Balaban J connectivity index is 1.40. The van der Waals surface area contributed by atoms with Gasteiger partial charge in [-0.25, -0.2) is 9.78 Å². The third-order valence-corrected chi connectivity index (χ3v) is 6.57. The van der Waals surface area contributed by atoms with Gasteiger partial charge in [0, 0.05) is 35.3 Å². The van der Waals surface area contributed by atoms with Crippen molar-refractivity contribution in [2.45, 2.75) is 20.1 Å². The molecule has 4 rings (SSSR count). The predicted molar refractivity (Wildman–Crippen MR) is 147 cm³/mol. The minimum absolute atomic E-state index is 0.0857. The van der Waals surface area contributed by atoms with Crippen LogP contribution in [0, 0.1) is 6.92 Å². The number of anilines is 1. The second-order valence-electron chi connectivity index (χ2n) is 8.40. The largest absolute Gasteiger partial charge is 0.487 e. The van der Waals surface area contributed by atoms with Crippen LogP contribution in [0.5, 0.6) is 5.75 Å². The molecule has 0 bridgehead atoms. The number of hydrogen-bond acceptors (Lipinski definition) is 4. The van der Waals surface area contributed by atoms with Gasteiger partial charge in [-0.05, 0) is 36.8 Å². The highest BCUT2D eigenvalue weighted by molar-refractivity contribution is 6.38. The van der Waals surface area contributed by atoms with Crippen molar-refractivity contribution in [2.24, 2.45) is 0 Å². The summed E-state index contributed by atoms with van der Waals surface area (Å²) in [5.74, 6) is 0.258. The fourth-order valence-corrected chi connectivity index (χ4v) is 4.32. The molecule has 0 aliphatic heterocycles. The van der Waals surface area contributed by atoms with Gasteiger partial charge in [-0.15, -0.1) is 0 Å². The Bertz CT molecular complexity index is 1430. The summed E-state index contributed by atoms with van der Waals surface area (Å²) in [7, 11) is 1.59. The Labute approximate surface area is 225 Å². The van der Waals surface area contributed by atoms with Gasteiger partial charge in [-0.1, -0.05) is 71.7 Å². The number of para-hydroxylation sites is 1. The summed E-state index contributed by atoms with van der Waals surface area (Å²) in [5, 5.41) is 6.96. The Morgan fingerprint density at radius 2 is 1.73 bits per heavy atom. The lowest BCUT2D eigenvalue weighted by Crippen LogP contribution is -2.42. The van der Waals surface area contributed by atoms with E-state index in [1.165, 1.54) is 4.90 Å². The molecule has 1 heterocycles. The summed E-state index contributed by atoms with van der Waals surface area (Å²) < 4.78 is 6.06. The van der Waals surface area contributed by atoms with Crippen LogP contribution in [0.15, 0.2) is 72.8 Å². The molecule has 3 amide bonds. The molecule has 0 aliphatic rings. The van der Waals surface area contributed by atoms with Crippen molar-refractivity contribution in [3.05, 3.63) is 99.7 Å². The zero-order valence-electron chi connectivity index (χ0n) is 20.4. The van der Waals surface area contributed by atoms with E-state index in [9.17, 15) is 9.59 Å². The smallest absolute Gasteiger partial charge is 0.315 e. The Kier molecular flexibility index (Phi) is 8.48. The number of nitrogens with zero attached hydrogens (tertiary/aromatic N) is 2. The number of hydrogen-bond donors (Lipinski definition) is 2. The van der Waals surface area contributed by atoms with Gasteiger partial charge in [0.05, 0.1) is 17.3 Å². The number of ether oxygens (including phenoxy) is 1. The normalized spacial score (nSPS) is 10.7. The standard InChI is InChI=1S/C28H26Cl2N4O3/c1-18-11-12-20-9-6-10-24(27(20)33-18)37-17-21-22(29)13-14-23(26(21)30)34(2)25(35)16-32-28(36)31-15-19-7-4-3-5-8-19/h3-14H,15-17H2,1-2H3,(H2,31,32,36). The van der Waals surface area contributed by atoms with Gasteiger partial charge >= 0.3 is 6.03 Å². The maximum absolute atomic E-state index is 12.8. The number of amides is 3. The first kappa shape index (κ1) is 26.3. The van der Waals surface area contributed by atoms with Crippen LogP contribution < -0.4 is 20.3 Å². The van der Waals surface area contributed by atoms with Crippen molar-refractivity contribution in [3.63, 3.8) is 0 Å². The number of pyridine rings is 1. The molecule has 1 aromatic heterocycles. The molecule has 4 aromatic rings. The number of aromatic nitrogens is 1. The minimum atomic E-state index is -0.444. The average Bonchev–Trinajstić information content (AvgIpc) is 2.90. The topological polar surface area (TPSA) is 83.6 Å². The molecule has 2 N–H and O–H groups in total. The molecule has 0 saturated heterocycles. The van der Waals surface area contributed by atoms with E-state index < -0.39 is 6.03 Å². The maximum Gasteiger partial charge on any atom is 0.315 e. The van der Waals surface area contributed by atoms with Crippen molar-refractivity contribution >= 4 is 51.7 Å². The molecule has 0 saturated carbocycles. The first-order chi connectivity index (χ1) is 17.8. The number of urea groups is 1. The lowest BCUT2D eigenvalue weighted by atomic mass is 10.1. The van der Waals surface area contributed by atoms with Crippen molar-refractivity contribution in [1.82, 2.24) is 15.6 Å². The number of nitrogens with one attached hydrogen (secondary N) is 2. The van der Waals surface area contributed by atoms with Crippen LogP contribution in [0.25, 0.3) is 10.9 Å². The van der Waals surface area contributed by atoms with Crippen molar-refractivity contribution in [2.75, 3.05) is 18.5 Å².